The molecule has 92 valence electrons. The molecule has 0 aliphatic carbocycles. The fraction of sp³-hybridized carbons (Fsp3) is 0.500. The smallest absolute Gasteiger partial charge is 0.127 e. The summed E-state index contributed by atoms with van der Waals surface area (Å²) in [6.45, 7) is 4.21. The highest BCUT2D eigenvalue weighted by Crippen LogP contribution is 2.34. The fourth-order valence-corrected chi connectivity index (χ4v) is 1.71. The molecule has 0 spiro atoms. The van der Waals surface area contributed by atoms with Crippen LogP contribution in [0.25, 0.3) is 0 Å². The molecule has 1 rings (SSSR count). The first-order valence-corrected chi connectivity index (χ1v) is 5.17. The van der Waals surface area contributed by atoms with E-state index < -0.39 is 0 Å². The quantitative estimate of drug-likeness (QED) is 0.858. The third-order valence-electron chi connectivity index (χ3n) is 2.36. The molecule has 0 bridgehead atoms. The molecule has 1 aromatic rings. The fourth-order valence-electron chi connectivity index (χ4n) is 1.71. The van der Waals surface area contributed by atoms with Gasteiger partial charge in [-0.3, -0.25) is 0 Å². The van der Waals surface area contributed by atoms with E-state index in [1.165, 1.54) is 0 Å². The molecule has 0 aliphatic heterocycles. The lowest BCUT2D eigenvalue weighted by Gasteiger charge is -2.18. The monoisotopic (exact) mass is 245 g/mol. The lowest BCUT2D eigenvalue weighted by Crippen LogP contribution is -2.14. The number of hydrogen-bond donors (Lipinski definition) is 2. The SMILES string of the molecule is COc1cccc(O)c1[C@H](N)CC(C)C.Cl. The van der Waals surface area contributed by atoms with Gasteiger partial charge in [0.15, 0.2) is 0 Å². The Bertz CT molecular complexity index is 329. The average molecular weight is 246 g/mol. The molecular formula is C12H20ClNO2. The Morgan fingerprint density at radius 3 is 2.50 bits per heavy atom. The summed E-state index contributed by atoms with van der Waals surface area (Å²) >= 11 is 0. The second kappa shape index (κ2) is 6.61. The Kier molecular flexibility index (Phi) is 6.22. The van der Waals surface area contributed by atoms with E-state index in [4.69, 9.17) is 10.5 Å². The minimum absolute atomic E-state index is 0. The van der Waals surface area contributed by atoms with Crippen LogP contribution in [0.5, 0.6) is 11.5 Å². The summed E-state index contributed by atoms with van der Waals surface area (Å²) in [5.74, 6) is 1.36. The zero-order chi connectivity index (χ0) is 11.4. The van der Waals surface area contributed by atoms with Crippen molar-refractivity contribution in [2.24, 2.45) is 11.7 Å². The van der Waals surface area contributed by atoms with Crippen LogP contribution in [-0.4, -0.2) is 12.2 Å². The number of rotatable bonds is 4. The summed E-state index contributed by atoms with van der Waals surface area (Å²) < 4.78 is 5.19. The molecule has 0 aromatic heterocycles. The van der Waals surface area contributed by atoms with Crippen LogP contribution in [0.1, 0.15) is 31.9 Å². The molecule has 0 heterocycles. The third kappa shape index (κ3) is 3.58. The molecular weight excluding hydrogens is 226 g/mol. The van der Waals surface area contributed by atoms with E-state index in [1.54, 1.807) is 19.2 Å². The van der Waals surface area contributed by atoms with Gasteiger partial charge in [0.05, 0.1) is 12.7 Å². The zero-order valence-electron chi connectivity index (χ0n) is 9.93. The van der Waals surface area contributed by atoms with Crippen molar-refractivity contribution in [2.45, 2.75) is 26.3 Å². The Labute approximate surface area is 103 Å². The standard InChI is InChI=1S/C12H19NO2.ClH/c1-8(2)7-9(13)12-10(14)5-4-6-11(12)15-3;/h4-6,8-9,14H,7,13H2,1-3H3;1H/t9-;/m1./s1. The van der Waals surface area contributed by atoms with E-state index in [9.17, 15) is 5.11 Å². The van der Waals surface area contributed by atoms with Crippen molar-refractivity contribution in [3.05, 3.63) is 23.8 Å². The molecule has 0 radical (unpaired) electrons. The van der Waals surface area contributed by atoms with Gasteiger partial charge in [-0.05, 0) is 24.5 Å². The van der Waals surface area contributed by atoms with Crippen LogP contribution in [0.15, 0.2) is 18.2 Å². The average Bonchev–Trinajstić information content (AvgIpc) is 2.15. The first-order valence-electron chi connectivity index (χ1n) is 5.17. The van der Waals surface area contributed by atoms with Crippen molar-refractivity contribution in [3.63, 3.8) is 0 Å². The summed E-state index contributed by atoms with van der Waals surface area (Å²) in [7, 11) is 1.58. The molecule has 0 amide bonds. The number of phenols is 1. The van der Waals surface area contributed by atoms with Crippen molar-refractivity contribution < 1.29 is 9.84 Å². The predicted octanol–water partition coefficient (Wildman–Crippen LogP) is 2.87. The highest BCUT2D eigenvalue weighted by Gasteiger charge is 2.17. The summed E-state index contributed by atoms with van der Waals surface area (Å²) in [5, 5.41) is 9.75. The Balaban J connectivity index is 0.00000225. The van der Waals surface area contributed by atoms with E-state index in [-0.39, 0.29) is 24.2 Å². The first-order chi connectivity index (χ1) is 7.06. The zero-order valence-corrected chi connectivity index (χ0v) is 10.8. The molecule has 0 fully saturated rings. The normalized spacial score (nSPS) is 12.1. The number of nitrogens with two attached hydrogens (primary N) is 1. The van der Waals surface area contributed by atoms with Crippen molar-refractivity contribution >= 4 is 12.4 Å². The molecule has 4 heteroatoms. The number of benzene rings is 1. The molecule has 3 N–H and O–H groups in total. The van der Waals surface area contributed by atoms with E-state index in [2.05, 4.69) is 13.8 Å². The largest absolute Gasteiger partial charge is 0.507 e. The van der Waals surface area contributed by atoms with Gasteiger partial charge >= 0.3 is 0 Å². The maximum absolute atomic E-state index is 9.75. The molecule has 0 saturated heterocycles. The van der Waals surface area contributed by atoms with Gasteiger partial charge in [-0.15, -0.1) is 12.4 Å². The van der Waals surface area contributed by atoms with Gasteiger partial charge in [-0.1, -0.05) is 19.9 Å². The van der Waals surface area contributed by atoms with Crippen LogP contribution in [0.4, 0.5) is 0 Å². The van der Waals surface area contributed by atoms with E-state index in [0.29, 0.717) is 17.2 Å². The Morgan fingerprint density at radius 1 is 1.38 bits per heavy atom. The minimum Gasteiger partial charge on any atom is -0.507 e. The van der Waals surface area contributed by atoms with Crippen molar-refractivity contribution in [1.82, 2.24) is 0 Å². The van der Waals surface area contributed by atoms with Crippen LogP contribution >= 0.6 is 12.4 Å². The van der Waals surface area contributed by atoms with Gasteiger partial charge in [0.1, 0.15) is 11.5 Å². The topological polar surface area (TPSA) is 55.5 Å². The predicted molar refractivity (Wildman–Crippen MR) is 68.3 cm³/mol. The van der Waals surface area contributed by atoms with Gasteiger partial charge in [0.2, 0.25) is 0 Å². The van der Waals surface area contributed by atoms with Gasteiger partial charge in [-0.25, -0.2) is 0 Å². The number of methoxy groups -OCH3 is 1. The van der Waals surface area contributed by atoms with Crippen LogP contribution in [0, 0.1) is 5.92 Å². The van der Waals surface area contributed by atoms with Crippen molar-refractivity contribution in [3.8, 4) is 11.5 Å². The van der Waals surface area contributed by atoms with Gasteiger partial charge in [0.25, 0.3) is 0 Å². The van der Waals surface area contributed by atoms with Gasteiger partial charge in [-0.2, -0.15) is 0 Å². The maximum Gasteiger partial charge on any atom is 0.127 e. The molecule has 0 saturated carbocycles. The molecule has 0 unspecified atom stereocenters. The Hall–Kier alpha value is -0.930. The van der Waals surface area contributed by atoms with Crippen LogP contribution in [-0.2, 0) is 0 Å². The van der Waals surface area contributed by atoms with Crippen molar-refractivity contribution in [2.75, 3.05) is 7.11 Å². The highest BCUT2D eigenvalue weighted by molar-refractivity contribution is 5.85. The third-order valence-corrected chi connectivity index (χ3v) is 2.36. The molecule has 1 atom stereocenters. The summed E-state index contributed by atoms with van der Waals surface area (Å²) in [6, 6.07) is 5.02. The number of halogens is 1. The van der Waals surface area contributed by atoms with Crippen molar-refractivity contribution in [1.29, 1.82) is 0 Å². The number of aromatic hydroxyl groups is 1. The van der Waals surface area contributed by atoms with E-state index in [0.717, 1.165) is 6.42 Å². The summed E-state index contributed by atoms with van der Waals surface area (Å²) in [5.41, 5.74) is 6.74. The first kappa shape index (κ1) is 15.1. The molecule has 0 aliphatic rings. The van der Waals surface area contributed by atoms with Crippen LogP contribution < -0.4 is 10.5 Å². The van der Waals surface area contributed by atoms with Crippen LogP contribution in [0.2, 0.25) is 0 Å². The van der Waals surface area contributed by atoms with E-state index >= 15 is 0 Å². The number of ether oxygens (including phenoxy) is 1. The second-order valence-corrected chi connectivity index (χ2v) is 4.13. The molecule has 3 nitrogen and oxygen atoms in total. The maximum atomic E-state index is 9.75. The lowest BCUT2D eigenvalue weighted by molar-refractivity contribution is 0.385. The number of hydrogen-bond acceptors (Lipinski definition) is 3. The molecule has 16 heavy (non-hydrogen) atoms. The molecule has 1 aromatic carbocycles. The number of phenolic OH excluding ortho intramolecular Hbond substituents is 1. The van der Waals surface area contributed by atoms with Gasteiger partial charge in [0, 0.05) is 6.04 Å². The van der Waals surface area contributed by atoms with Gasteiger partial charge < -0.3 is 15.6 Å². The lowest BCUT2D eigenvalue weighted by atomic mass is 9.96. The summed E-state index contributed by atoms with van der Waals surface area (Å²) in [4.78, 5) is 0. The van der Waals surface area contributed by atoms with E-state index in [1.807, 2.05) is 6.07 Å². The minimum atomic E-state index is -0.179. The summed E-state index contributed by atoms with van der Waals surface area (Å²) in [6.07, 6.45) is 0.827. The Morgan fingerprint density at radius 2 is 2.00 bits per heavy atom. The highest BCUT2D eigenvalue weighted by atomic mass is 35.5. The second-order valence-electron chi connectivity index (χ2n) is 4.13. The van der Waals surface area contributed by atoms with Crippen LogP contribution in [0.3, 0.4) is 0 Å².